The fraction of sp³-hybridized carbons (Fsp3) is 0.846. The van der Waals surface area contributed by atoms with Crippen molar-refractivity contribution in [3.8, 4) is 0 Å². The zero-order chi connectivity index (χ0) is 10.6. The van der Waals surface area contributed by atoms with E-state index in [0.29, 0.717) is 6.61 Å². The van der Waals surface area contributed by atoms with Crippen LogP contribution < -0.4 is 0 Å². The Balaban J connectivity index is 3.67. The summed E-state index contributed by atoms with van der Waals surface area (Å²) in [5.74, 6) is 0. The third-order valence-electron chi connectivity index (χ3n) is 2.53. The molecule has 0 unspecified atom stereocenters. The summed E-state index contributed by atoms with van der Waals surface area (Å²) in [6.45, 7) is 4.76. The fourth-order valence-electron chi connectivity index (χ4n) is 1.58. The molecule has 0 aliphatic carbocycles. The van der Waals surface area contributed by atoms with E-state index < -0.39 is 0 Å². The molecule has 0 saturated carbocycles. The van der Waals surface area contributed by atoms with Gasteiger partial charge < -0.3 is 5.11 Å². The summed E-state index contributed by atoms with van der Waals surface area (Å²) in [4.78, 5) is 0. The maximum Gasteiger partial charge on any atom is 0.0468 e. The Hall–Kier alpha value is -0.300. The third kappa shape index (κ3) is 8.31. The summed E-state index contributed by atoms with van der Waals surface area (Å²) in [7, 11) is 0. The van der Waals surface area contributed by atoms with Gasteiger partial charge in [-0.05, 0) is 32.1 Å². The van der Waals surface area contributed by atoms with E-state index in [1.54, 1.807) is 0 Å². The molecule has 0 bridgehead atoms. The van der Waals surface area contributed by atoms with Crippen molar-refractivity contribution < 1.29 is 5.11 Å². The van der Waals surface area contributed by atoms with Gasteiger partial charge in [-0.15, -0.1) is 0 Å². The van der Waals surface area contributed by atoms with Gasteiger partial charge in [-0.2, -0.15) is 0 Å². The SMILES string of the molecule is CCCCCC=C(CCO)CCCC. The van der Waals surface area contributed by atoms with Crippen LogP contribution in [0.4, 0.5) is 0 Å². The molecule has 0 heterocycles. The summed E-state index contributed by atoms with van der Waals surface area (Å²) in [5.41, 5.74) is 1.46. The van der Waals surface area contributed by atoms with Gasteiger partial charge >= 0.3 is 0 Å². The largest absolute Gasteiger partial charge is 0.396 e. The molecule has 0 aromatic heterocycles. The minimum atomic E-state index is 0.309. The van der Waals surface area contributed by atoms with Gasteiger partial charge in [0.2, 0.25) is 0 Å². The zero-order valence-electron chi connectivity index (χ0n) is 9.89. The lowest BCUT2D eigenvalue weighted by atomic mass is 10.0. The molecule has 0 radical (unpaired) electrons. The molecule has 1 nitrogen and oxygen atoms in total. The second kappa shape index (κ2) is 10.8. The standard InChI is InChI=1S/C13H26O/c1-3-5-7-8-10-13(11-12-14)9-6-4-2/h10,14H,3-9,11-12H2,1-2H3. The maximum absolute atomic E-state index is 8.90. The van der Waals surface area contributed by atoms with Crippen molar-refractivity contribution in [1.82, 2.24) is 0 Å². The molecule has 14 heavy (non-hydrogen) atoms. The van der Waals surface area contributed by atoms with Gasteiger partial charge in [0.15, 0.2) is 0 Å². The lowest BCUT2D eigenvalue weighted by Crippen LogP contribution is -1.90. The molecular formula is C13H26O. The van der Waals surface area contributed by atoms with Crippen LogP contribution in [-0.4, -0.2) is 11.7 Å². The first-order valence-corrected chi connectivity index (χ1v) is 6.13. The van der Waals surface area contributed by atoms with E-state index in [1.165, 1.54) is 50.5 Å². The molecule has 0 atom stereocenters. The number of rotatable bonds is 9. The van der Waals surface area contributed by atoms with E-state index in [9.17, 15) is 0 Å². The Morgan fingerprint density at radius 1 is 1.00 bits per heavy atom. The van der Waals surface area contributed by atoms with Crippen molar-refractivity contribution in [2.75, 3.05) is 6.61 Å². The normalized spacial score (nSPS) is 12.1. The average Bonchev–Trinajstić information content (AvgIpc) is 2.20. The lowest BCUT2D eigenvalue weighted by Gasteiger charge is -2.04. The lowest BCUT2D eigenvalue weighted by molar-refractivity contribution is 0.297. The van der Waals surface area contributed by atoms with Gasteiger partial charge in [0.05, 0.1) is 0 Å². The van der Waals surface area contributed by atoms with Gasteiger partial charge in [-0.1, -0.05) is 44.8 Å². The Morgan fingerprint density at radius 3 is 2.29 bits per heavy atom. The first-order chi connectivity index (χ1) is 6.85. The highest BCUT2D eigenvalue weighted by Gasteiger charge is 1.95. The van der Waals surface area contributed by atoms with E-state index in [-0.39, 0.29) is 0 Å². The highest BCUT2D eigenvalue weighted by Crippen LogP contribution is 2.13. The highest BCUT2D eigenvalue weighted by atomic mass is 16.2. The number of unbranched alkanes of at least 4 members (excludes halogenated alkanes) is 4. The van der Waals surface area contributed by atoms with Crippen LogP contribution >= 0.6 is 0 Å². The Bertz CT molecular complexity index is 138. The number of aliphatic hydroxyl groups is 1. The van der Waals surface area contributed by atoms with Crippen LogP contribution in [0, 0.1) is 0 Å². The molecule has 0 amide bonds. The van der Waals surface area contributed by atoms with Crippen molar-refractivity contribution in [2.45, 2.75) is 65.2 Å². The fourth-order valence-corrected chi connectivity index (χ4v) is 1.58. The second-order valence-electron chi connectivity index (χ2n) is 3.94. The molecule has 0 aliphatic rings. The van der Waals surface area contributed by atoms with E-state index in [1.807, 2.05) is 0 Å². The van der Waals surface area contributed by atoms with Crippen LogP contribution in [0.15, 0.2) is 11.6 Å². The minimum Gasteiger partial charge on any atom is -0.396 e. The Kier molecular flexibility index (Phi) is 10.5. The number of hydrogen-bond donors (Lipinski definition) is 1. The molecule has 0 aliphatic heterocycles. The molecule has 0 aromatic rings. The molecule has 0 aromatic carbocycles. The summed E-state index contributed by atoms with van der Waals surface area (Å²) in [6.07, 6.45) is 12.0. The first-order valence-electron chi connectivity index (χ1n) is 6.13. The van der Waals surface area contributed by atoms with Gasteiger partial charge in [-0.3, -0.25) is 0 Å². The monoisotopic (exact) mass is 198 g/mol. The Labute approximate surface area is 89.2 Å². The number of hydrogen-bond acceptors (Lipinski definition) is 1. The number of aliphatic hydroxyl groups excluding tert-OH is 1. The van der Waals surface area contributed by atoms with Crippen LogP contribution in [0.25, 0.3) is 0 Å². The van der Waals surface area contributed by atoms with E-state index in [2.05, 4.69) is 19.9 Å². The van der Waals surface area contributed by atoms with Crippen LogP contribution in [-0.2, 0) is 0 Å². The van der Waals surface area contributed by atoms with Crippen molar-refractivity contribution >= 4 is 0 Å². The van der Waals surface area contributed by atoms with Gasteiger partial charge in [0, 0.05) is 6.61 Å². The van der Waals surface area contributed by atoms with Crippen LogP contribution in [0.5, 0.6) is 0 Å². The summed E-state index contributed by atoms with van der Waals surface area (Å²) >= 11 is 0. The van der Waals surface area contributed by atoms with E-state index in [4.69, 9.17) is 5.11 Å². The van der Waals surface area contributed by atoms with Gasteiger partial charge in [0.25, 0.3) is 0 Å². The van der Waals surface area contributed by atoms with Gasteiger partial charge in [-0.25, -0.2) is 0 Å². The molecule has 0 spiro atoms. The van der Waals surface area contributed by atoms with Crippen LogP contribution in [0.1, 0.15) is 65.2 Å². The predicted molar refractivity (Wildman–Crippen MR) is 63.5 cm³/mol. The molecule has 1 heteroatoms. The predicted octanol–water partition coefficient (Wildman–Crippen LogP) is 4.07. The molecule has 0 fully saturated rings. The smallest absolute Gasteiger partial charge is 0.0468 e. The van der Waals surface area contributed by atoms with Crippen molar-refractivity contribution in [3.63, 3.8) is 0 Å². The average molecular weight is 198 g/mol. The number of allylic oxidation sites excluding steroid dienone is 1. The summed E-state index contributed by atoms with van der Waals surface area (Å²) in [6, 6.07) is 0. The van der Waals surface area contributed by atoms with Crippen molar-refractivity contribution in [3.05, 3.63) is 11.6 Å². The Morgan fingerprint density at radius 2 is 1.71 bits per heavy atom. The first kappa shape index (κ1) is 13.7. The van der Waals surface area contributed by atoms with Crippen molar-refractivity contribution in [1.29, 1.82) is 0 Å². The summed E-state index contributed by atoms with van der Waals surface area (Å²) < 4.78 is 0. The highest BCUT2D eigenvalue weighted by molar-refractivity contribution is 5.01. The summed E-state index contributed by atoms with van der Waals surface area (Å²) in [5, 5.41) is 8.90. The van der Waals surface area contributed by atoms with Gasteiger partial charge in [0.1, 0.15) is 0 Å². The van der Waals surface area contributed by atoms with Crippen LogP contribution in [0.3, 0.4) is 0 Å². The molecule has 0 saturated heterocycles. The maximum atomic E-state index is 8.90. The quantitative estimate of drug-likeness (QED) is 0.437. The van der Waals surface area contributed by atoms with Crippen molar-refractivity contribution in [2.24, 2.45) is 0 Å². The second-order valence-corrected chi connectivity index (χ2v) is 3.94. The minimum absolute atomic E-state index is 0.309. The molecular weight excluding hydrogens is 172 g/mol. The molecule has 84 valence electrons. The molecule has 0 rings (SSSR count). The topological polar surface area (TPSA) is 20.2 Å². The van der Waals surface area contributed by atoms with E-state index in [0.717, 1.165) is 6.42 Å². The third-order valence-corrected chi connectivity index (χ3v) is 2.53. The van der Waals surface area contributed by atoms with Crippen LogP contribution in [0.2, 0.25) is 0 Å². The molecule has 1 N–H and O–H groups in total. The van der Waals surface area contributed by atoms with E-state index >= 15 is 0 Å². The zero-order valence-corrected chi connectivity index (χ0v) is 9.89.